The summed E-state index contributed by atoms with van der Waals surface area (Å²) in [6.07, 6.45) is 0.0690. The number of benzene rings is 1. The lowest BCUT2D eigenvalue weighted by molar-refractivity contribution is 0.0939. The minimum absolute atomic E-state index is 0.109. The number of fused-ring (bicyclic) bond motifs is 1. The third-order valence-electron chi connectivity index (χ3n) is 4.25. The molecule has 0 aliphatic heterocycles. The van der Waals surface area contributed by atoms with Gasteiger partial charge in [-0.1, -0.05) is 23.7 Å². The van der Waals surface area contributed by atoms with Crippen molar-refractivity contribution in [3.05, 3.63) is 64.1 Å². The number of aromatic nitrogens is 3. The van der Waals surface area contributed by atoms with Gasteiger partial charge in [-0.05, 0) is 50.5 Å². The topological polar surface area (TPSA) is 59.3 Å². The number of rotatable bonds is 6. The number of nitrogens with one attached hydrogen (secondary N) is 1. The van der Waals surface area contributed by atoms with Crippen LogP contribution in [0.25, 0.3) is 5.65 Å². The van der Waals surface area contributed by atoms with Gasteiger partial charge in [0.25, 0.3) is 12.3 Å². The number of carbonyl (C=O) groups excluding carboxylic acids is 1. The number of aryl methyl sites for hydroxylation is 2. The molecular weight excluding hydrogens is 374 g/mol. The summed E-state index contributed by atoms with van der Waals surface area (Å²) in [6, 6.07) is 8.70. The van der Waals surface area contributed by atoms with Crippen LogP contribution in [0.15, 0.2) is 36.5 Å². The van der Waals surface area contributed by atoms with Crippen molar-refractivity contribution < 1.29 is 13.6 Å². The number of carbonyl (C=O) groups is 1. The molecule has 1 N–H and O–H groups in total. The van der Waals surface area contributed by atoms with Gasteiger partial charge in [0.05, 0.1) is 6.20 Å². The Hall–Kier alpha value is -2.54. The Labute approximate surface area is 160 Å². The molecule has 3 aromatic rings. The molecule has 142 valence electrons. The van der Waals surface area contributed by atoms with Crippen molar-refractivity contribution in [2.24, 2.45) is 0 Å². The van der Waals surface area contributed by atoms with Crippen molar-refractivity contribution >= 4 is 23.2 Å². The Morgan fingerprint density at radius 3 is 2.67 bits per heavy atom. The molecule has 0 fully saturated rings. The molecule has 8 heteroatoms. The minimum atomic E-state index is -2.71. The van der Waals surface area contributed by atoms with Gasteiger partial charge >= 0.3 is 0 Å². The first kappa shape index (κ1) is 19.2. The zero-order chi connectivity index (χ0) is 19.6. The quantitative estimate of drug-likeness (QED) is 0.677. The maximum Gasteiger partial charge on any atom is 0.280 e. The SMILES string of the molecule is Cc1cc(C(F)F)n2ncc(C(=O)N[C@H](C)CCc3ccc(Cl)cc3)c2n1. The highest BCUT2D eigenvalue weighted by Crippen LogP contribution is 2.21. The molecule has 27 heavy (non-hydrogen) atoms. The largest absolute Gasteiger partial charge is 0.349 e. The van der Waals surface area contributed by atoms with Crippen molar-refractivity contribution in [1.82, 2.24) is 19.9 Å². The summed E-state index contributed by atoms with van der Waals surface area (Å²) in [6.45, 7) is 3.50. The fourth-order valence-corrected chi connectivity index (χ4v) is 2.96. The van der Waals surface area contributed by atoms with Crippen molar-refractivity contribution in [2.45, 2.75) is 39.2 Å². The molecule has 1 amide bonds. The first-order valence-corrected chi connectivity index (χ1v) is 8.91. The van der Waals surface area contributed by atoms with E-state index in [4.69, 9.17) is 11.6 Å². The second-order valence-electron chi connectivity index (χ2n) is 6.46. The van der Waals surface area contributed by atoms with Crippen LogP contribution in [0, 0.1) is 6.92 Å². The molecule has 0 saturated heterocycles. The third kappa shape index (κ3) is 4.42. The molecular formula is C19H19ClF2N4O. The monoisotopic (exact) mass is 392 g/mol. The fraction of sp³-hybridized carbons (Fsp3) is 0.316. The van der Waals surface area contributed by atoms with Crippen LogP contribution in [0.2, 0.25) is 5.02 Å². The highest BCUT2D eigenvalue weighted by molar-refractivity contribution is 6.30. The Balaban J connectivity index is 1.71. The second kappa shape index (κ2) is 8.00. The predicted molar refractivity (Wildman–Crippen MR) is 99.4 cm³/mol. The second-order valence-corrected chi connectivity index (χ2v) is 6.89. The number of nitrogens with zero attached hydrogens (tertiary/aromatic N) is 3. The molecule has 0 unspecified atom stereocenters. The van der Waals surface area contributed by atoms with Crippen LogP contribution < -0.4 is 5.32 Å². The van der Waals surface area contributed by atoms with Gasteiger partial charge in [0.1, 0.15) is 11.3 Å². The predicted octanol–water partition coefficient (Wildman–Crippen LogP) is 4.38. The van der Waals surface area contributed by atoms with Crippen LogP contribution in [0.3, 0.4) is 0 Å². The van der Waals surface area contributed by atoms with Crippen LogP contribution in [0.5, 0.6) is 0 Å². The molecule has 0 aliphatic carbocycles. The first-order chi connectivity index (χ1) is 12.8. The highest BCUT2D eigenvalue weighted by Gasteiger charge is 2.21. The Morgan fingerprint density at radius 2 is 2.00 bits per heavy atom. The molecule has 0 aliphatic rings. The molecule has 0 radical (unpaired) electrons. The van der Waals surface area contributed by atoms with E-state index in [1.54, 1.807) is 6.92 Å². The molecule has 2 aromatic heterocycles. The van der Waals surface area contributed by atoms with E-state index < -0.39 is 6.43 Å². The van der Waals surface area contributed by atoms with Crippen molar-refractivity contribution in [2.75, 3.05) is 0 Å². The number of halogens is 3. The minimum Gasteiger partial charge on any atom is -0.349 e. The summed E-state index contributed by atoms with van der Waals surface area (Å²) in [4.78, 5) is 16.8. The van der Waals surface area contributed by atoms with Crippen LogP contribution in [-0.4, -0.2) is 26.5 Å². The maximum absolute atomic E-state index is 13.2. The van der Waals surface area contributed by atoms with Gasteiger partial charge in [0, 0.05) is 16.8 Å². The lowest BCUT2D eigenvalue weighted by atomic mass is 10.1. The lowest BCUT2D eigenvalue weighted by Gasteiger charge is -2.13. The summed E-state index contributed by atoms with van der Waals surface area (Å²) in [7, 11) is 0. The van der Waals surface area contributed by atoms with Crippen molar-refractivity contribution in [3.63, 3.8) is 0 Å². The maximum atomic E-state index is 13.2. The third-order valence-corrected chi connectivity index (χ3v) is 4.50. The molecule has 1 aromatic carbocycles. The zero-order valence-electron chi connectivity index (χ0n) is 14.9. The van der Waals surface area contributed by atoms with E-state index in [0.29, 0.717) is 10.7 Å². The molecule has 0 bridgehead atoms. The molecule has 3 rings (SSSR count). The average Bonchev–Trinajstić information content (AvgIpc) is 3.04. The summed E-state index contributed by atoms with van der Waals surface area (Å²) < 4.78 is 27.4. The van der Waals surface area contributed by atoms with E-state index in [-0.39, 0.29) is 28.9 Å². The van der Waals surface area contributed by atoms with E-state index in [2.05, 4.69) is 15.4 Å². The summed E-state index contributed by atoms with van der Waals surface area (Å²) >= 11 is 5.87. The summed E-state index contributed by atoms with van der Waals surface area (Å²) in [5, 5.41) is 7.47. The fourth-order valence-electron chi connectivity index (χ4n) is 2.84. The van der Waals surface area contributed by atoms with E-state index >= 15 is 0 Å². The Kier molecular flexibility index (Phi) is 5.70. The number of alkyl halides is 2. The molecule has 2 heterocycles. The lowest BCUT2D eigenvalue weighted by Crippen LogP contribution is -2.33. The number of hydrogen-bond acceptors (Lipinski definition) is 3. The van der Waals surface area contributed by atoms with Gasteiger partial charge in [-0.2, -0.15) is 5.10 Å². The normalized spacial score (nSPS) is 12.5. The summed E-state index contributed by atoms with van der Waals surface area (Å²) in [5.74, 6) is -0.382. The molecule has 0 spiro atoms. The van der Waals surface area contributed by atoms with E-state index in [1.807, 2.05) is 31.2 Å². The van der Waals surface area contributed by atoms with Crippen molar-refractivity contribution in [1.29, 1.82) is 0 Å². The van der Waals surface area contributed by atoms with Crippen LogP contribution in [-0.2, 0) is 6.42 Å². The number of amides is 1. The van der Waals surface area contributed by atoms with Gasteiger partial charge < -0.3 is 5.32 Å². The van der Waals surface area contributed by atoms with Gasteiger partial charge in [-0.15, -0.1) is 0 Å². The number of hydrogen-bond donors (Lipinski definition) is 1. The Morgan fingerprint density at radius 1 is 1.30 bits per heavy atom. The summed E-state index contributed by atoms with van der Waals surface area (Å²) in [5.41, 5.74) is 1.55. The molecule has 0 saturated carbocycles. The average molecular weight is 393 g/mol. The molecule has 5 nitrogen and oxygen atoms in total. The van der Waals surface area contributed by atoms with Crippen LogP contribution >= 0.6 is 11.6 Å². The van der Waals surface area contributed by atoms with Gasteiger partial charge in [0.15, 0.2) is 5.65 Å². The van der Waals surface area contributed by atoms with Gasteiger partial charge in [-0.25, -0.2) is 18.3 Å². The molecule has 1 atom stereocenters. The smallest absolute Gasteiger partial charge is 0.280 e. The zero-order valence-corrected chi connectivity index (χ0v) is 15.7. The standard InChI is InChI=1S/C19H19ClF2N4O/c1-11(3-4-13-5-7-14(20)8-6-13)25-19(27)15-10-23-26-16(17(21)22)9-12(2)24-18(15)26/h5-11,17H,3-4H2,1-2H3,(H,25,27)/t11-/m1/s1. The van der Waals surface area contributed by atoms with E-state index in [0.717, 1.165) is 22.9 Å². The van der Waals surface area contributed by atoms with Crippen LogP contribution in [0.1, 0.15) is 47.1 Å². The van der Waals surface area contributed by atoms with Gasteiger partial charge in [0.2, 0.25) is 0 Å². The van der Waals surface area contributed by atoms with Gasteiger partial charge in [-0.3, -0.25) is 4.79 Å². The van der Waals surface area contributed by atoms with Crippen LogP contribution in [0.4, 0.5) is 8.78 Å². The Bertz CT molecular complexity index is 956. The highest BCUT2D eigenvalue weighted by atomic mass is 35.5. The van der Waals surface area contributed by atoms with E-state index in [1.165, 1.54) is 12.3 Å². The van der Waals surface area contributed by atoms with E-state index in [9.17, 15) is 13.6 Å². The van der Waals surface area contributed by atoms with Crippen molar-refractivity contribution in [3.8, 4) is 0 Å². The first-order valence-electron chi connectivity index (χ1n) is 8.54.